The van der Waals surface area contributed by atoms with Crippen molar-refractivity contribution in [3.63, 3.8) is 0 Å². The predicted molar refractivity (Wildman–Crippen MR) is 126 cm³/mol. The van der Waals surface area contributed by atoms with Crippen molar-refractivity contribution in [1.82, 2.24) is 34.7 Å². The van der Waals surface area contributed by atoms with Gasteiger partial charge in [-0.1, -0.05) is 0 Å². The summed E-state index contributed by atoms with van der Waals surface area (Å²) in [5, 5.41) is 8.10. The van der Waals surface area contributed by atoms with E-state index < -0.39 is 0 Å². The highest BCUT2D eigenvalue weighted by Crippen LogP contribution is 2.32. The predicted octanol–water partition coefficient (Wildman–Crippen LogP) is 3.65. The number of aromatic nitrogens is 7. The smallest absolute Gasteiger partial charge is 0.261 e. The minimum Gasteiger partial charge on any atom is -0.494 e. The molecule has 4 aromatic heterocycles. The second-order valence-electron chi connectivity index (χ2n) is 7.62. The highest BCUT2D eigenvalue weighted by molar-refractivity contribution is 5.96. The molecule has 0 fully saturated rings. The number of aryl methyl sites for hydroxylation is 1. The van der Waals surface area contributed by atoms with Gasteiger partial charge in [0.25, 0.3) is 5.56 Å². The van der Waals surface area contributed by atoms with Crippen LogP contribution in [-0.2, 0) is 6.54 Å². The first-order chi connectivity index (χ1) is 16.1. The third-order valence-electron chi connectivity index (χ3n) is 5.38. The summed E-state index contributed by atoms with van der Waals surface area (Å²) < 4.78 is 7.38. The average Bonchev–Trinajstić information content (AvgIpc) is 3.43. The number of hydrogen-bond acceptors (Lipinski definition) is 7. The lowest BCUT2D eigenvalue weighted by Gasteiger charge is -2.16. The number of H-pyrrole nitrogens is 2. The van der Waals surface area contributed by atoms with Crippen molar-refractivity contribution >= 4 is 27.8 Å². The summed E-state index contributed by atoms with van der Waals surface area (Å²) >= 11 is 0. The van der Waals surface area contributed by atoms with E-state index in [4.69, 9.17) is 4.74 Å². The Morgan fingerprint density at radius 3 is 2.73 bits per heavy atom. The van der Waals surface area contributed by atoms with Gasteiger partial charge in [0.05, 0.1) is 34.9 Å². The van der Waals surface area contributed by atoms with Crippen LogP contribution in [0.25, 0.3) is 33.5 Å². The van der Waals surface area contributed by atoms with Crippen LogP contribution >= 0.6 is 0 Å². The summed E-state index contributed by atoms with van der Waals surface area (Å²) in [5.74, 6) is 1.79. The van der Waals surface area contributed by atoms with Gasteiger partial charge in [-0.2, -0.15) is 5.10 Å². The maximum atomic E-state index is 13.3. The van der Waals surface area contributed by atoms with Crippen molar-refractivity contribution in [2.75, 3.05) is 11.9 Å². The number of nitrogens with zero attached hydrogens (tertiary/aromatic N) is 5. The van der Waals surface area contributed by atoms with Crippen molar-refractivity contribution in [3.8, 4) is 17.1 Å². The third-order valence-corrected chi connectivity index (χ3v) is 5.38. The van der Waals surface area contributed by atoms with Gasteiger partial charge in [-0.15, -0.1) is 0 Å². The van der Waals surface area contributed by atoms with E-state index in [1.165, 1.54) is 0 Å². The van der Waals surface area contributed by atoms with Crippen LogP contribution in [0, 0.1) is 0 Å². The van der Waals surface area contributed by atoms with Crippen molar-refractivity contribution in [2.45, 2.75) is 33.4 Å². The molecular weight excluding hydrogens is 420 g/mol. The molecule has 0 aliphatic rings. The Morgan fingerprint density at radius 1 is 1.15 bits per heavy atom. The monoisotopic (exact) mass is 444 g/mol. The first-order valence-electron chi connectivity index (χ1n) is 10.9. The maximum absolute atomic E-state index is 13.3. The van der Waals surface area contributed by atoms with Crippen molar-refractivity contribution in [3.05, 3.63) is 59.0 Å². The van der Waals surface area contributed by atoms with Crippen LogP contribution in [0.15, 0.2) is 47.7 Å². The molecule has 0 saturated carbocycles. The van der Waals surface area contributed by atoms with E-state index >= 15 is 0 Å². The Kier molecular flexibility index (Phi) is 5.25. The summed E-state index contributed by atoms with van der Waals surface area (Å²) in [5.41, 5.74) is 3.47. The van der Waals surface area contributed by atoms with Crippen LogP contribution in [0.4, 0.5) is 5.69 Å². The molecule has 0 saturated heterocycles. The molecule has 0 aliphatic carbocycles. The number of imidazole rings is 1. The number of nitrogens with one attached hydrogen (secondary N) is 3. The number of pyridine rings is 1. The molecule has 0 spiro atoms. The number of ether oxygens (including phenoxy) is 1. The minimum absolute atomic E-state index is 0.268. The topological polar surface area (TPSA) is 126 Å². The second-order valence-corrected chi connectivity index (χ2v) is 7.62. The van der Waals surface area contributed by atoms with Crippen LogP contribution in [-0.4, -0.2) is 41.3 Å². The van der Waals surface area contributed by atoms with E-state index in [1.807, 2.05) is 45.2 Å². The summed E-state index contributed by atoms with van der Waals surface area (Å²) in [4.78, 5) is 32.9. The average molecular weight is 444 g/mol. The molecular formula is C23H24N8O2. The number of fused-ring (bicyclic) bond motifs is 2. The Morgan fingerprint density at radius 2 is 1.97 bits per heavy atom. The summed E-state index contributed by atoms with van der Waals surface area (Å²) in [6, 6.07) is 7.10. The molecule has 0 radical (unpaired) electrons. The minimum atomic E-state index is -0.272. The van der Waals surface area contributed by atoms with Gasteiger partial charge in [0.15, 0.2) is 0 Å². The number of anilines is 1. The highest BCUT2D eigenvalue weighted by atomic mass is 16.5. The molecule has 0 aliphatic heterocycles. The van der Waals surface area contributed by atoms with Gasteiger partial charge in [0, 0.05) is 31.2 Å². The quantitative estimate of drug-likeness (QED) is 0.350. The van der Waals surface area contributed by atoms with Gasteiger partial charge in [0.2, 0.25) is 0 Å². The van der Waals surface area contributed by atoms with Gasteiger partial charge in [0.1, 0.15) is 28.5 Å². The van der Waals surface area contributed by atoms with Gasteiger partial charge in [-0.25, -0.2) is 15.0 Å². The third kappa shape index (κ3) is 3.79. The Labute approximate surface area is 189 Å². The zero-order chi connectivity index (χ0) is 22.9. The van der Waals surface area contributed by atoms with Gasteiger partial charge in [-0.3, -0.25) is 9.48 Å². The van der Waals surface area contributed by atoms with Crippen molar-refractivity contribution in [1.29, 1.82) is 0 Å². The molecule has 0 amide bonds. The van der Waals surface area contributed by atoms with E-state index in [1.54, 1.807) is 23.1 Å². The Balaban J connectivity index is 1.69. The second kappa shape index (κ2) is 8.38. The standard InChI is InChI=1S/C23H24N8O2/c1-4-31-12-17-19(30-31)20(26-13(3)21-24-9-6-10-25-21)18(23(32)29-17)22-27-15-8-7-14(33-5-2)11-16(15)28-22/h6-13,26H,4-5H2,1-3H3,(H,27,28)(H,29,32). The van der Waals surface area contributed by atoms with Crippen LogP contribution in [0.3, 0.4) is 0 Å². The SMILES string of the molecule is CCOc1ccc2nc(-c3c(NC(C)c4ncccn4)c4nn(CC)cc4[nH]c3=O)[nH]c2c1. The summed E-state index contributed by atoms with van der Waals surface area (Å²) in [7, 11) is 0. The normalized spacial score (nSPS) is 12.3. The number of aromatic amines is 2. The van der Waals surface area contributed by atoms with E-state index in [9.17, 15) is 4.79 Å². The lowest BCUT2D eigenvalue weighted by atomic mass is 10.1. The van der Waals surface area contributed by atoms with Crippen molar-refractivity contribution in [2.24, 2.45) is 0 Å². The maximum Gasteiger partial charge on any atom is 0.261 e. The molecule has 0 bridgehead atoms. The van der Waals surface area contributed by atoms with E-state index in [0.29, 0.717) is 47.1 Å². The number of benzene rings is 1. The molecule has 1 unspecified atom stereocenters. The number of rotatable bonds is 7. The molecule has 168 valence electrons. The largest absolute Gasteiger partial charge is 0.494 e. The Bertz CT molecular complexity index is 1490. The molecule has 5 aromatic rings. The first kappa shape index (κ1) is 20.7. The summed E-state index contributed by atoms with van der Waals surface area (Å²) in [6.07, 6.45) is 5.20. The summed E-state index contributed by atoms with van der Waals surface area (Å²) in [6.45, 7) is 7.11. The molecule has 1 atom stereocenters. The van der Waals surface area contributed by atoms with E-state index in [-0.39, 0.29) is 11.6 Å². The van der Waals surface area contributed by atoms with Gasteiger partial charge < -0.3 is 20.0 Å². The lowest BCUT2D eigenvalue weighted by Crippen LogP contribution is -2.17. The van der Waals surface area contributed by atoms with Crippen LogP contribution in [0.1, 0.15) is 32.6 Å². The fourth-order valence-corrected chi connectivity index (χ4v) is 3.82. The molecule has 10 nitrogen and oxygen atoms in total. The van der Waals surface area contributed by atoms with Gasteiger partial charge in [-0.05, 0) is 39.0 Å². The van der Waals surface area contributed by atoms with Gasteiger partial charge >= 0.3 is 0 Å². The number of hydrogen-bond donors (Lipinski definition) is 3. The fraction of sp³-hybridized carbons (Fsp3) is 0.261. The zero-order valence-electron chi connectivity index (χ0n) is 18.6. The van der Waals surface area contributed by atoms with E-state index in [2.05, 4.69) is 35.3 Å². The fourth-order valence-electron chi connectivity index (χ4n) is 3.82. The molecule has 10 heteroatoms. The van der Waals surface area contributed by atoms with Crippen LogP contribution in [0.2, 0.25) is 0 Å². The van der Waals surface area contributed by atoms with E-state index in [0.717, 1.165) is 16.8 Å². The molecule has 4 heterocycles. The zero-order valence-corrected chi connectivity index (χ0v) is 18.6. The van der Waals surface area contributed by atoms with Crippen molar-refractivity contribution < 1.29 is 4.74 Å². The lowest BCUT2D eigenvalue weighted by molar-refractivity contribution is 0.340. The molecule has 33 heavy (non-hydrogen) atoms. The highest BCUT2D eigenvalue weighted by Gasteiger charge is 2.22. The Hall–Kier alpha value is -4.21. The molecule has 1 aromatic carbocycles. The molecule has 5 rings (SSSR count). The molecule has 3 N–H and O–H groups in total. The van der Waals surface area contributed by atoms with Crippen LogP contribution < -0.4 is 15.6 Å². The first-order valence-corrected chi connectivity index (χ1v) is 10.9. The van der Waals surface area contributed by atoms with Crippen LogP contribution in [0.5, 0.6) is 5.75 Å².